The van der Waals surface area contributed by atoms with Gasteiger partial charge in [-0.3, -0.25) is 0 Å². The van der Waals surface area contributed by atoms with Crippen LogP contribution in [0.5, 0.6) is 5.75 Å². The first-order valence-electron chi connectivity index (χ1n) is 7.60. The molecule has 0 aromatic heterocycles. The van der Waals surface area contributed by atoms with Gasteiger partial charge in [0.15, 0.2) is 0 Å². The minimum atomic E-state index is 0.215. The van der Waals surface area contributed by atoms with E-state index < -0.39 is 0 Å². The summed E-state index contributed by atoms with van der Waals surface area (Å²) in [5.74, 6) is 1.38. The average molecular weight is 352 g/mol. The number of hydrogen-bond donors (Lipinski definition) is 1. The lowest BCUT2D eigenvalue weighted by atomic mass is 9.86. The molecule has 1 aromatic rings. The zero-order chi connectivity index (χ0) is 14.8. The lowest BCUT2D eigenvalue weighted by Crippen LogP contribution is -2.42. The Morgan fingerprint density at radius 2 is 2.33 bits per heavy atom. The Balaban J connectivity index is 1.85. The van der Waals surface area contributed by atoms with Crippen LogP contribution in [0.4, 0.5) is 0 Å². The Bertz CT molecular complexity index is 546. The summed E-state index contributed by atoms with van der Waals surface area (Å²) in [5.41, 5.74) is 5.84. The van der Waals surface area contributed by atoms with Gasteiger partial charge >= 0.3 is 0 Å². The molecular weight excluding hydrogens is 330 g/mol. The van der Waals surface area contributed by atoms with E-state index in [1.165, 1.54) is 24.2 Å². The van der Waals surface area contributed by atoms with Crippen LogP contribution in [0.2, 0.25) is 0 Å². The SMILES string of the molecule is CCCN1CCC2=NNC(c3cc(Br)ccc3OC)C2C1. The third-order valence-electron chi connectivity index (χ3n) is 4.38. The second-order valence-electron chi connectivity index (χ2n) is 5.75. The van der Waals surface area contributed by atoms with E-state index in [1.807, 2.05) is 12.1 Å². The molecule has 21 heavy (non-hydrogen) atoms. The molecule has 0 amide bonds. The van der Waals surface area contributed by atoms with Gasteiger partial charge in [0.1, 0.15) is 5.75 Å². The predicted molar refractivity (Wildman–Crippen MR) is 88.8 cm³/mol. The molecule has 1 fully saturated rings. The Hall–Kier alpha value is -1.07. The highest BCUT2D eigenvalue weighted by Gasteiger charge is 2.38. The molecule has 4 nitrogen and oxygen atoms in total. The van der Waals surface area contributed by atoms with Crippen molar-refractivity contribution in [2.24, 2.45) is 11.0 Å². The fraction of sp³-hybridized carbons (Fsp3) is 0.562. The summed E-state index contributed by atoms with van der Waals surface area (Å²) < 4.78 is 6.62. The molecule has 0 aliphatic carbocycles. The second kappa shape index (κ2) is 6.36. The monoisotopic (exact) mass is 351 g/mol. The van der Waals surface area contributed by atoms with E-state index in [2.05, 4.69) is 44.3 Å². The van der Waals surface area contributed by atoms with Crippen molar-refractivity contribution >= 4 is 21.6 Å². The first-order chi connectivity index (χ1) is 10.2. The van der Waals surface area contributed by atoms with Crippen LogP contribution in [0.1, 0.15) is 31.4 Å². The summed E-state index contributed by atoms with van der Waals surface area (Å²) in [6.45, 7) is 5.63. The van der Waals surface area contributed by atoms with Crippen molar-refractivity contribution in [1.82, 2.24) is 10.3 Å². The van der Waals surface area contributed by atoms with E-state index in [0.29, 0.717) is 5.92 Å². The molecule has 3 rings (SSSR count). The Morgan fingerprint density at radius 3 is 3.10 bits per heavy atom. The smallest absolute Gasteiger partial charge is 0.124 e. The van der Waals surface area contributed by atoms with Gasteiger partial charge in [-0.15, -0.1) is 0 Å². The lowest BCUT2D eigenvalue weighted by molar-refractivity contribution is 0.227. The standard InChI is InChI=1S/C16H22BrN3O/c1-3-7-20-8-6-14-13(10-20)16(19-18-14)12-9-11(17)4-5-15(12)21-2/h4-5,9,13,16,19H,3,6-8,10H2,1-2H3. The molecule has 0 spiro atoms. The topological polar surface area (TPSA) is 36.9 Å². The van der Waals surface area contributed by atoms with Crippen molar-refractivity contribution < 1.29 is 4.74 Å². The normalized spacial score (nSPS) is 25.2. The summed E-state index contributed by atoms with van der Waals surface area (Å²) in [7, 11) is 1.73. The van der Waals surface area contributed by atoms with Crippen LogP contribution >= 0.6 is 15.9 Å². The molecule has 2 atom stereocenters. The summed E-state index contributed by atoms with van der Waals surface area (Å²) in [4.78, 5) is 2.55. The van der Waals surface area contributed by atoms with E-state index in [0.717, 1.165) is 29.7 Å². The number of likely N-dealkylation sites (tertiary alicyclic amines) is 1. The fourth-order valence-electron chi connectivity index (χ4n) is 3.37. The molecule has 0 radical (unpaired) electrons. The van der Waals surface area contributed by atoms with E-state index in [1.54, 1.807) is 7.11 Å². The van der Waals surface area contributed by atoms with E-state index >= 15 is 0 Å². The molecule has 114 valence electrons. The Labute approximate surface area is 134 Å². The number of rotatable bonds is 4. The molecule has 2 unspecified atom stereocenters. The predicted octanol–water partition coefficient (Wildman–Crippen LogP) is 3.19. The molecule has 0 bridgehead atoms. The van der Waals surface area contributed by atoms with Gasteiger partial charge < -0.3 is 15.1 Å². The van der Waals surface area contributed by atoms with Gasteiger partial charge in [-0.2, -0.15) is 5.10 Å². The molecule has 2 aliphatic heterocycles. The van der Waals surface area contributed by atoms with Crippen molar-refractivity contribution in [3.8, 4) is 5.75 Å². The van der Waals surface area contributed by atoms with E-state index in [-0.39, 0.29) is 6.04 Å². The van der Waals surface area contributed by atoms with Crippen molar-refractivity contribution in [3.05, 3.63) is 28.2 Å². The first kappa shape index (κ1) is 14.9. The maximum atomic E-state index is 5.54. The summed E-state index contributed by atoms with van der Waals surface area (Å²) >= 11 is 3.57. The van der Waals surface area contributed by atoms with Gasteiger partial charge in [-0.25, -0.2) is 0 Å². The van der Waals surface area contributed by atoms with E-state index in [9.17, 15) is 0 Å². The summed E-state index contributed by atoms with van der Waals surface area (Å²) in [5, 5.41) is 4.58. The highest BCUT2D eigenvalue weighted by Crippen LogP contribution is 2.38. The van der Waals surface area contributed by atoms with Crippen LogP contribution in [0.25, 0.3) is 0 Å². The number of hydrogen-bond acceptors (Lipinski definition) is 4. The Morgan fingerprint density at radius 1 is 1.48 bits per heavy atom. The second-order valence-corrected chi connectivity index (χ2v) is 6.67. The van der Waals surface area contributed by atoms with E-state index in [4.69, 9.17) is 4.74 Å². The molecular formula is C16H22BrN3O. The van der Waals surface area contributed by atoms with Crippen molar-refractivity contribution in [2.75, 3.05) is 26.7 Å². The summed E-state index contributed by atoms with van der Waals surface area (Å²) in [6, 6.07) is 6.40. The minimum Gasteiger partial charge on any atom is -0.496 e. The van der Waals surface area contributed by atoms with Gasteiger partial charge in [0.2, 0.25) is 0 Å². The zero-order valence-electron chi connectivity index (χ0n) is 12.6. The van der Waals surface area contributed by atoms with Crippen LogP contribution in [-0.2, 0) is 0 Å². The third-order valence-corrected chi connectivity index (χ3v) is 4.88. The number of methoxy groups -OCH3 is 1. The molecule has 0 saturated carbocycles. The van der Waals surface area contributed by atoms with Crippen LogP contribution in [-0.4, -0.2) is 37.4 Å². The molecule has 1 N–H and O–H groups in total. The quantitative estimate of drug-likeness (QED) is 0.904. The maximum Gasteiger partial charge on any atom is 0.124 e. The lowest BCUT2D eigenvalue weighted by Gasteiger charge is -2.33. The van der Waals surface area contributed by atoms with Gasteiger partial charge in [0.25, 0.3) is 0 Å². The Kier molecular flexibility index (Phi) is 4.50. The van der Waals surface area contributed by atoms with Gasteiger partial charge in [0.05, 0.1) is 13.2 Å². The zero-order valence-corrected chi connectivity index (χ0v) is 14.2. The van der Waals surface area contributed by atoms with Crippen molar-refractivity contribution in [3.63, 3.8) is 0 Å². The maximum absolute atomic E-state index is 5.54. The highest BCUT2D eigenvalue weighted by molar-refractivity contribution is 9.10. The molecule has 1 aromatic carbocycles. The van der Waals surface area contributed by atoms with Gasteiger partial charge in [-0.05, 0) is 31.2 Å². The molecule has 5 heteroatoms. The third kappa shape index (κ3) is 2.94. The number of fused-ring (bicyclic) bond motifs is 1. The molecule has 1 saturated heterocycles. The highest BCUT2D eigenvalue weighted by atomic mass is 79.9. The fourth-order valence-corrected chi connectivity index (χ4v) is 3.74. The number of nitrogens with zero attached hydrogens (tertiary/aromatic N) is 2. The largest absolute Gasteiger partial charge is 0.496 e. The summed E-state index contributed by atoms with van der Waals surface area (Å²) in [6.07, 6.45) is 2.28. The number of ether oxygens (including phenoxy) is 1. The molecule has 2 aliphatic rings. The minimum absolute atomic E-state index is 0.215. The van der Waals surface area contributed by atoms with Crippen LogP contribution in [0.15, 0.2) is 27.8 Å². The van der Waals surface area contributed by atoms with Gasteiger partial charge in [0, 0.05) is 41.2 Å². The number of hydrazone groups is 1. The van der Waals surface area contributed by atoms with Crippen LogP contribution in [0.3, 0.4) is 0 Å². The number of nitrogens with one attached hydrogen (secondary N) is 1. The van der Waals surface area contributed by atoms with Crippen LogP contribution < -0.4 is 10.2 Å². The average Bonchev–Trinajstić information content (AvgIpc) is 2.90. The molecule has 2 heterocycles. The van der Waals surface area contributed by atoms with Crippen molar-refractivity contribution in [1.29, 1.82) is 0 Å². The number of benzene rings is 1. The first-order valence-corrected chi connectivity index (χ1v) is 8.40. The number of halogens is 1. The van der Waals surface area contributed by atoms with Crippen LogP contribution in [0, 0.1) is 5.92 Å². The van der Waals surface area contributed by atoms with Crippen molar-refractivity contribution in [2.45, 2.75) is 25.8 Å². The van der Waals surface area contributed by atoms with Gasteiger partial charge in [-0.1, -0.05) is 22.9 Å². The number of piperidine rings is 1.